The number of amides is 2. The van der Waals surface area contributed by atoms with Gasteiger partial charge in [0.05, 0.1) is 18.4 Å². The molecule has 2 amide bonds. The molecular formula is C13H18BrFN2O3. The number of ether oxygens (including phenoxy) is 1. The molecule has 0 aliphatic heterocycles. The number of carbonyl (C=O) groups excluding carboxylic acids is 1. The van der Waals surface area contributed by atoms with Gasteiger partial charge in [-0.1, -0.05) is 15.9 Å². The fourth-order valence-corrected chi connectivity index (χ4v) is 1.86. The van der Waals surface area contributed by atoms with Crippen molar-refractivity contribution in [2.45, 2.75) is 19.4 Å². The zero-order chi connectivity index (χ0) is 15.1. The predicted molar refractivity (Wildman–Crippen MR) is 78.4 cm³/mol. The van der Waals surface area contributed by atoms with Crippen LogP contribution in [0.2, 0.25) is 0 Å². The minimum Gasteiger partial charge on any atom is -0.391 e. The summed E-state index contributed by atoms with van der Waals surface area (Å²) in [5.41, 5.74) is 0.541. The number of benzene rings is 1. The molecule has 1 aromatic rings. The molecule has 1 aromatic carbocycles. The number of aliphatic hydroxyl groups is 1. The smallest absolute Gasteiger partial charge is 0.319 e. The van der Waals surface area contributed by atoms with E-state index in [-0.39, 0.29) is 18.8 Å². The normalized spacial score (nSPS) is 12.1. The predicted octanol–water partition coefficient (Wildman–Crippen LogP) is 2.42. The van der Waals surface area contributed by atoms with E-state index in [4.69, 9.17) is 4.74 Å². The van der Waals surface area contributed by atoms with Gasteiger partial charge in [0.2, 0.25) is 0 Å². The van der Waals surface area contributed by atoms with E-state index in [1.165, 1.54) is 13.2 Å². The van der Waals surface area contributed by atoms with E-state index in [2.05, 4.69) is 26.6 Å². The maximum absolute atomic E-state index is 13.8. The standard InChI is InChI=1S/C13H18BrFN2O3/c1-8-10(14)3-4-11(12(8)15)17-13(19)16-6-5-9(18)7-20-2/h3-4,9,18H,5-7H2,1-2H3,(H2,16,17,19). The molecule has 0 aliphatic rings. The first-order valence-corrected chi connectivity index (χ1v) is 6.91. The first kappa shape index (κ1) is 16.9. The first-order valence-electron chi connectivity index (χ1n) is 6.12. The highest BCUT2D eigenvalue weighted by molar-refractivity contribution is 9.10. The van der Waals surface area contributed by atoms with E-state index >= 15 is 0 Å². The third-order valence-corrected chi connectivity index (χ3v) is 3.55. The van der Waals surface area contributed by atoms with Crippen LogP contribution in [0.15, 0.2) is 16.6 Å². The van der Waals surface area contributed by atoms with Crippen molar-refractivity contribution in [1.29, 1.82) is 0 Å². The number of methoxy groups -OCH3 is 1. The summed E-state index contributed by atoms with van der Waals surface area (Å²) in [5, 5.41) is 14.4. The second kappa shape index (κ2) is 8.18. The van der Waals surface area contributed by atoms with Gasteiger partial charge in [-0.15, -0.1) is 0 Å². The summed E-state index contributed by atoms with van der Waals surface area (Å²) in [7, 11) is 1.49. The largest absolute Gasteiger partial charge is 0.391 e. The molecule has 0 aromatic heterocycles. The first-order chi connectivity index (χ1) is 9.45. The maximum atomic E-state index is 13.8. The molecule has 20 heavy (non-hydrogen) atoms. The summed E-state index contributed by atoms with van der Waals surface area (Å²) in [4.78, 5) is 11.6. The van der Waals surface area contributed by atoms with Crippen LogP contribution in [0, 0.1) is 12.7 Å². The lowest BCUT2D eigenvalue weighted by molar-refractivity contribution is 0.0599. The van der Waals surface area contributed by atoms with Crippen molar-refractivity contribution in [3.8, 4) is 0 Å². The number of anilines is 1. The Bertz CT molecular complexity index is 471. The van der Waals surface area contributed by atoms with Gasteiger partial charge < -0.3 is 20.5 Å². The molecule has 0 saturated carbocycles. The number of urea groups is 1. The topological polar surface area (TPSA) is 70.6 Å². The van der Waals surface area contributed by atoms with Crippen LogP contribution >= 0.6 is 15.9 Å². The maximum Gasteiger partial charge on any atom is 0.319 e. The number of nitrogens with one attached hydrogen (secondary N) is 2. The summed E-state index contributed by atoms with van der Waals surface area (Å²) in [5.74, 6) is -0.478. The van der Waals surface area contributed by atoms with Crippen LogP contribution in [0.4, 0.5) is 14.9 Å². The number of rotatable bonds is 6. The van der Waals surface area contributed by atoms with Gasteiger partial charge in [-0.05, 0) is 25.5 Å². The summed E-state index contributed by atoms with van der Waals surface area (Å²) >= 11 is 3.21. The Balaban J connectivity index is 2.45. The Kier molecular flexibility index (Phi) is 6.90. The lowest BCUT2D eigenvalue weighted by atomic mass is 10.2. The number of hydrogen-bond donors (Lipinski definition) is 3. The van der Waals surface area contributed by atoms with Crippen molar-refractivity contribution in [3.63, 3.8) is 0 Å². The number of carbonyl (C=O) groups is 1. The van der Waals surface area contributed by atoms with Gasteiger partial charge in [-0.3, -0.25) is 0 Å². The molecule has 0 radical (unpaired) electrons. The van der Waals surface area contributed by atoms with E-state index < -0.39 is 18.0 Å². The van der Waals surface area contributed by atoms with Crippen LogP contribution in [0.5, 0.6) is 0 Å². The highest BCUT2D eigenvalue weighted by Crippen LogP contribution is 2.24. The molecule has 3 N–H and O–H groups in total. The van der Waals surface area contributed by atoms with Crippen molar-refractivity contribution in [1.82, 2.24) is 5.32 Å². The Morgan fingerprint density at radius 3 is 2.90 bits per heavy atom. The van der Waals surface area contributed by atoms with Crippen molar-refractivity contribution in [2.24, 2.45) is 0 Å². The van der Waals surface area contributed by atoms with E-state index in [1.807, 2.05) is 0 Å². The van der Waals surface area contributed by atoms with Crippen LogP contribution < -0.4 is 10.6 Å². The minimum absolute atomic E-state index is 0.112. The Labute approximate surface area is 125 Å². The summed E-state index contributed by atoms with van der Waals surface area (Å²) in [6.45, 7) is 2.10. The lowest BCUT2D eigenvalue weighted by Crippen LogP contribution is -2.32. The van der Waals surface area contributed by atoms with Crippen molar-refractivity contribution < 1.29 is 19.0 Å². The molecule has 5 nitrogen and oxygen atoms in total. The van der Waals surface area contributed by atoms with Crippen LogP contribution in [0.3, 0.4) is 0 Å². The molecule has 0 aliphatic carbocycles. The Hall–Kier alpha value is -1.18. The van der Waals surface area contributed by atoms with Crippen LogP contribution in [-0.2, 0) is 4.74 Å². The molecule has 0 bridgehead atoms. The summed E-state index contributed by atoms with van der Waals surface area (Å²) in [6, 6.07) is 2.62. The average molecular weight is 349 g/mol. The fraction of sp³-hybridized carbons (Fsp3) is 0.462. The van der Waals surface area contributed by atoms with Gasteiger partial charge in [-0.2, -0.15) is 0 Å². The highest BCUT2D eigenvalue weighted by atomic mass is 79.9. The summed E-state index contributed by atoms with van der Waals surface area (Å²) in [6.07, 6.45) is -0.268. The SMILES string of the molecule is COCC(O)CCNC(=O)Nc1ccc(Br)c(C)c1F. The third kappa shape index (κ3) is 5.07. The van der Waals surface area contributed by atoms with Gasteiger partial charge in [0.25, 0.3) is 0 Å². The molecule has 1 rings (SSSR count). The van der Waals surface area contributed by atoms with Gasteiger partial charge in [-0.25, -0.2) is 9.18 Å². The second-order valence-electron chi connectivity index (χ2n) is 4.31. The van der Waals surface area contributed by atoms with E-state index in [9.17, 15) is 14.3 Å². The van der Waals surface area contributed by atoms with Crippen LogP contribution in [0.1, 0.15) is 12.0 Å². The van der Waals surface area contributed by atoms with E-state index in [0.717, 1.165) is 0 Å². The second-order valence-corrected chi connectivity index (χ2v) is 5.17. The van der Waals surface area contributed by atoms with E-state index in [1.54, 1.807) is 13.0 Å². The van der Waals surface area contributed by atoms with Crippen molar-refractivity contribution >= 4 is 27.6 Å². The molecule has 7 heteroatoms. The Morgan fingerprint density at radius 1 is 1.55 bits per heavy atom. The van der Waals surface area contributed by atoms with Gasteiger partial charge in [0.1, 0.15) is 0 Å². The monoisotopic (exact) mass is 348 g/mol. The zero-order valence-electron chi connectivity index (χ0n) is 11.4. The van der Waals surface area contributed by atoms with Crippen molar-refractivity contribution in [2.75, 3.05) is 25.6 Å². The number of halogens is 2. The van der Waals surface area contributed by atoms with Crippen LogP contribution in [-0.4, -0.2) is 37.5 Å². The van der Waals surface area contributed by atoms with Gasteiger partial charge >= 0.3 is 6.03 Å². The molecule has 0 heterocycles. The Morgan fingerprint density at radius 2 is 2.25 bits per heavy atom. The molecule has 1 unspecified atom stereocenters. The van der Waals surface area contributed by atoms with Gasteiger partial charge in [0.15, 0.2) is 5.82 Å². The number of hydrogen-bond acceptors (Lipinski definition) is 3. The third-order valence-electron chi connectivity index (χ3n) is 2.69. The van der Waals surface area contributed by atoms with Crippen LogP contribution in [0.25, 0.3) is 0 Å². The van der Waals surface area contributed by atoms with Gasteiger partial charge in [0, 0.05) is 23.7 Å². The molecule has 1 atom stereocenters. The highest BCUT2D eigenvalue weighted by Gasteiger charge is 2.11. The average Bonchev–Trinajstić information content (AvgIpc) is 2.40. The quantitative estimate of drug-likeness (QED) is 0.739. The zero-order valence-corrected chi connectivity index (χ0v) is 13.0. The van der Waals surface area contributed by atoms with E-state index in [0.29, 0.717) is 16.5 Å². The molecule has 0 saturated heterocycles. The molecule has 0 spiro atoms. The molecule has 112 valence electrons. The molecule has 0 fully saturated rings. The molecular weight excluding hydrogens is 331 g/mol. The fourth-order valence-electron chi connectivity index (χ4n) is 1.55. The van der Waals surface area contributed by atoms with Crippen molar-refractivity contribution in [3.05, 3.63) is 28.0 Å². The minimum atomic E-state index is -0.632. The number of aliphatic hydroxyl groups excluding tert-OH is 1. The lowest BCUT2D eigenvalue weighted by Gasteiger charge is -2.12. The summed E-state index contributed by atoms with van der Waals surface area (Å²) < 4.78 is 19.3.